The van der Waals surface area contributed by atoms with Gasteiger partial charge in [0.05, 0.1) is 13.2 Å². The SMILES string of the molecule is C=CC1(O[Si](C)(C)C)CCN(C)C1(C(=O)OCC)C(=O)OCC. The first-order valence-corrected chi connectivity index (χ1v) is 11.4. The molecule has 1 atom stereocenters. The molecule has 1 aliphatic heterocycles. The minimum absolute atomic E-state index is 0.175. The summed E-state index contributed by atoms with van der Waals surface area (Å²) in [5, 5.41) is 0. The smallest absolute Gasteiger partial charge is 0.341 e. The minimum atomic E-state index is -2.09. The third kappa shape index (κ3) is 3.36. The van der Waals surface area contributed by atoms with E-state index in [1.165, 1.54) is 0 Å². The molecule has 0 aromatic rings. The number of carbonyl (C=O) groups is 2. The molecule has 0 aliphatic carbocycles. The van der Waals surface area contributed by atoms with Crippen molar-refractivity contribution >= 4 is 20.3 Å². The molecule has 1 unspecified atom stereocenters. The minimum Gasteiger partial charge on any atom is -0.464 e. The Kier molecular flexibility index (Phi) is 6.17. The average molecular weight is 343 g/mol. The highest BCUT2D eigenvalue weighted by Gasteiger charge is 2.70. The maximum Gasteiger partial charge on any atom is 0.341 e. The van der Waals surface area contributed by atoms with Crippen molar-refractivity contribution in [2.24, 2.45) is 0 Å². The molecule has 132 valence electrons. The zero-order valence-electron chi connectivity index (χ0n) is 15.1. The van der Waals surface area contributed by atoms with Gasteiger partial charge in [0.15, 0.2) is 8.32 Å². The molecule has 1 fully saturated rings. The number of ether oxygens (including phenoxy) is 2. The molecule has 0 spiro atoms. The standard InChI is InChI=1S/C16H29NO5Si/c1-8-15(22-23(5,6)7)11-12-17(4)16(15,13(18)20-9-2)14(19)21-10-3/h8H,1,9-12H2,2-7H3. The van der Waals surface area contributed by atoms with E-state index in [0.29, 0.717) is 13.0 Å². The van der Waals surface area contributed by atoms with E-state index in [-0.39, 0.29) is 13.2 Å². The summed E-state index contributed by atoms with van der Waals surface area (Å²) in [7, 11) is -0.370. The van der Waals surface area contributed by atoms with Crippen LogP contribution in [0, 0.1) is 0 Å². The number of rotatable bonds is 7. The van der Waals surface area contributed by atoms with Crippen molar-refractivity contribution in [3.63, 3.8) is 0 Å². The highest BCUT2D eigenvalue weighted by atomic mass is 28.4. The van der Waals surface area contributed by atoms with Crippen molar-refractivity contribution < 1.29 is 23.5 Å². The Labute approximate surface area is 139 Å². The zero-order valence-corrected chi connectivity index (χ0v) is 16.1. The van der Waals surface area contributed by atoms with Crippen molar-refractivity contribution in [1.82, 2.24) is 4.90 Å². The van der Waals surface area contributed by atoms with Crippen LogP contribution in [-0.2, 0) is 23.5 Å². The van der Waals surface area contributed by atoms with Gasteiger partial charge in [0.1, 0.15) is 5.60 Å². The number of likely N-dealkylation sites (N-methyl/N-ethyl adjacent to an activating group) is 1. The van der Waals surface area contributed by atoms with Crippen LogP contribution < -0.4 is 0 Å². The number of hydrogen-bond acceptors (Lipinski definition) is 6. The monoisotopic (exact) mass is 343 g/mol. The highest BCUT2D eigenvalue weighted by molar-refractivity contribution is 6.69. The predicted octanol–water partition coefficient (Wildman–Crippen LogP) is 1.96. The molecule has 1 rings (SSSR count). The van der Waals surface area contributed by atoms with E-state index >= 15 is 0 Å². The van der Waals surface area contributed by atoms with Gasteiger partial charge in [0, 0.05) is 6.54 Å². The van der Waals surface area contributed by atoms with Crippen LogP contribution in [-0.4, -0.2) is 63.1 Å². The molecule has 0 aromatic heterocycles. The van der Waals surface area contributed by atoms with Crippen molar-refractivity contribution in [2.45, 2.75) is 51.0 Å². The molecule has 1 aliphatic rings. The van der Waals surface area contributed by atoms with Gasteiger partial charge in [-0.1, -0.05) is 6.08 Å². The van der Waals surface area contributed by atoms with E-state index in [2.05, 4.69) is 6.58 Å². The van der Waals surface area contributed by atoms with Gasteiger partial charge >= 0.3 is 11.9 Å². The van der Waals surface area contributed by atoms with Gasteiger partial charge in [-0.05, 0) is 47.0 Å². The van der Waals surface area contributed by atoms with Gasteiger partial charge < -0.3 is 13.9 Å². The van der Waals surface area contributed by atoms with Gasteiger partial charge in [0.25, 0.3) is 0 Å². The second-order valence-electron chi connectivity index (χ2n) is 6.63. The third-order valence-electron chi connectivity index (χ3n) is 3.96. The van der Waals surface area contributed by atoms with Crippen LogP contribution in [0.15, 0.2) is 12.7 Å². The number of nitrogens with zero attached hydrogens (tertiary/aromatic N) is 1. The number of likely N-dealkylation sites (tertiary alicyclic amines) is 1. The number of carbonyl (C=O) groups excluding carboxylic acids is 2. The maximum atomic E-state index is 12.9. The van der Waals surface area contributed by atoms with Crippen LogP contribution in [0.2, 0.25) is 19.6 Å². The summed E-state index contributed by atoms with van der Waals surface area (Å²) < 4.78 is 16.8. The van der Waals surface area contributed by atoms with Crippen molar-refractivity contribution in [2.75, 3.05) is 26.8 Å². The average Bonchev–Trinajstić information content (AvgIpc) is 2.72. The Morgan fingerprint density at radius 1 is 1.17 bits per heavy atom. The lowest BCUT2D eigenvalue weighted by molar-refractivity contribution is -0.181. The van der Waals surface area contributed by atoms with Crippen LogP contribution in [0.3, 0.4) is 0 Å². The molecule has 6 nitrogen and oxygen atoms in total. The van der Waals surface area contributed by atoms with Crippen LogP contribution in [0.4, 0.5) is 0 Å². The Morgan fingerprint density at radius 2 is 1.65 bits per heavy atom. The van der Waals surface area contributed by atoms with Crippen LogP contribution in [0.25, 0.3) is 0 Å². The molecular formula is C16H29NO5Si. The Hall–Kier alpha value is -1.18. The molecular weight excluding hydrogens is 314 g/mol. The van der Waals surface area contributed by atoms with E-state index in [1.807, 2.05) is 19.6 Å². The molecule has 1 heterocycles. The van der Waals surface area contributed by atoms with Gasteiger partial charge in [-0.2, -0.15) is 0 Å². The topological polar surface area (TPSA) is 65.1 Å². The summed E-state index contributed by atoms with van der Waals surface area (Å²) in [6.45, 7) is 14.2. The molecule has 0 aromatic carbocycles. The molecule has 0 amide bonds. The van der Waals surface area contributed by atoms with Gasteiger partial charge in [-0.15, -0.1) is 6.58 Å². The highest BCUT2D eigenvalue weighted by Crippen LogP contribution is 2.45. The lowest BCUT2D eigenvalue weighted by Gasteiger charge is -2.45. The Bertz CT molecular complexity index is 456. The zero-order chi connectivity index (χ0) is 17.9. The van der Waals surface area contributed by atoms with Crippen LogP contribution in [0.1, 0.15) is 20.3 Å². The van der Waals surface area contributed by atoms with E-state index < -0.39 is 31.4 Å². The number of esters is 2. The normalized spacial score (nSPS) is 24.3. The Balaban J connectivity index is 3.54. The summed E-state index contributed by atoms with van der Waals surface area (Å²) in [5.41, 5.74) is -2.80. The van der Waals surface area contributed by atoms with Crippen LogP contribution >= 0.6 is 0 Å². The summed E-state index contributed by atoms with van der Waals surface area (Å²) in [4.78, 5) is 27.4. The summed E-state index contributed by atoms with van der Waals surface area (Å²) in [5.74, 6) is -1.28. The second-order valence-corrected chi connectivity index (χ2v) is 11.1. The molecule has 23 heavy (non-hydrogen) atoms. The molecule has 0 radical (unpaired) electrons. The number of hydrogen-bond donors (Lipinski definition) is 0. The van der Waals surface area contributed by atoms with E-state index in [1.54, 1.807) is 31.9 Å². The summed E-state index contributed by atoms with van der Waals surface area (Å²) in [6, 6.07) is 0. The van der Waals surface area contributed by atoms with E-state index in [4.69, 9.17) is 13.9 Å². The lowest BCUT2D eigenvalue weighted by atomic mass is 9.80. The summed E-state index contributed by atoms with van der Waals surface area (Å²) >= 11 is 0. The van der Waals surface area contributed by atoms with Crippen molar-refractivity contribution in [3.05, 3.63) is 12.7 Å². The van der Waals surface area contributed by atoms with Gasteiger partial charge in [0.2, 0.25) is 5.54 Å². The molecule has 7 heteroatoms. The van der Waals surface area contributed by atoms with Gasteiger partial charge in [-0.25, -0.2) is 9.59 Å². The maximum absolute atomic E-state index is 12.9. The molecule has 1 saturated heterocycles. The first-order valence-electron chi connectivity index (χ1n) is 8.00. The molecule has 0 N–H and O–H groups in total. The first-order chi connectivity index (χ1) is 10.6. The Morgan fingerprint density at radius 3 is 2.00 bits per heavy atom. The lowest BCUT2D eigenvalue weighted by Crippen LogP contribution is -2.69. The fourth-order valence-corrected chi connectivity index (χ4v) is 4.61. The van der Waals surface area contributed by atoms with E-state index in [9.17, 15) is 9.59 Å². The van der Waals surface area contributed by atoms with Crippen molar-refractivity contribution in [3.8, 4) is 0 Å². The van der Waals surface area contributed by atoms with Crippen LogP contribution in [0.5, 0.6) is 0 Å². The molecule has 0 bridgehead atoms. The fraction of sp³-hybridized carbons (Fsp3) is 0.750. The summed E-state index contributed by atoms with van der Waals surface area (Å²) in [6.07, 6.45) is 2.05. The second kappa shape index (κ2) is 7.15. The quantitative estimate of drug-likeness (QED) is 0.305. The van der Waals surface area contributed by atoms with Crippen molar-refractivity contribution in [1.29, 1.82) is 0 Å². The van der Waals surface area contributed by atoms with Gasteiger partial charge in [-0.3, -0.25) is 4.90 Å². The fourth-order valence-electron chi connectivity index (χ4n) is 3.18. The first kappa shape index (κ1) is 19.9. The largest absolute Gasteiger partial charge is 0.464 e. The predicted molar refractivity (Wildman–Crippen MR) is 90.6 cm³/mol. The third-order valence-corrected chi connectivity index (χ3v) is 4.94. The molecule has 0 saturated carbocycles. The van der Waals surface area contributed by atoms with E-state index in [0.717, 1.165) is 0 Å².